The van der Waals surface area contributed by atoms with Crippen molar-refractivity contribution in [1.82, 2.24) is 4.98 Å². The van der Waals surface area contributed by atoms with Crippen LogP contribution in [0.5, 0.6) is 0 Å². The highest BCUT2D eigenvalue weighted by molar-refractivity contribution is 7.13. The van der Waals surface area contributed by atoms with Crippen molar-refractivity contribution in [1.29, 1.82) is 0 Å². The molecule has 0 fully saturated rings. The number of nitrogens with two attached hydrogens (primary N) is 1. The van der Waals surface area contributed by atoms with E-state index in [9.17, 15) is 9.18 Å². The first-order valence-electron chi connectivity index (χ1n) is 5.28. The zero-order valence-corrected chi connectivity index (χ0v) is 10.2. The number of rotatable bonds is 4. The standard InChI is InChI=1S/C12H11FN2O2S/c13-10-5-8(11(16)17)2-1-7(10)3-4-9-6-18-12(14)15-9/h1-2,5-6H,3-4H2,(H2,14,15)(H,16,17). The van der Waals surface area contributed by atoms with E-state index in [1.807, 2.05) is 5.38 Å². The summed E-state index contributed by atoms with van der Waals surface area (Å²) in [6.45, 7) is 0. The van der Waals surface area contributed by atoms with Crippen molar-refractivity contribution in [2.24, 2.45) is 0 Å². The number of halogens is 1. The lowest BCUT2D eigenvalue weighted by molar-refractivity contribution is 0.0696. The molecule has 4 nitrogen and oxygen atoms in total. The number of carbonyl (C=O) groups is 1. The van der Waals surface area contributed by atoms with Crippen molar-refractivity contribution in [3.8, 4) is 0 Å². The summed E-state index contributed by atoms with van der Waals surface area (Å²) >= 11 is 1.35. The van der Waals surface area contributed by atoms with E-state index in [4.69, 9.17) is 10.8 Å². The zero-order valence-electron chi connectivity index (χ0n) is 9.39. The van der Waals surface area contributed by atoms with Crippen LogP contribution in [0.1, 0.15) is 21.6 Å². The Kier molecular flexibility index (Phi) is 3.57. The molecule has 18 heavy (non-hydrogen) atoms. The molecule has 94 valence electrons. The molecular weight excluding hydrogens is 255 g/mol. The highest BCUT2D eigenvalue weighted by Crippen LogP contribution is 2.16. The second-order valence-electron chi connectivity index (χ2n) is 3.79. The first-order chi connectivity index (χ1) is 8.56. The number of aromatic carboxylic acids is 1. The van der Waals surface area contributed by atoms with Crippen molar-refractivity contribution in [3.63, 3.8) is 0 Å². The molecule has 0 unspecified atom stereocenters. The van der Waals surface area contributed by atoms with Crippen molar-refractivity contribution in [2.45, 2.75) is 12.8 Å². The summed E-state index contributed by atoms with van der Waals surface area (Å²) in [6.07, 6.45) is 1.05. The molecule has 0 bridgehead atoms. The van der Waals surface area contributed by atoms with Crippen LogP contribution in [0.3, 0.4) is 0 Å². The zero-order chi connectivity index (χ0) is 13.1. The predicted octanol–water partition coefficient (Wildman–Crippen LogP) is 2.35. The lowest BCUT2D eigenvalue weighted by Gasteiger charge is -2.03. The molecule has 1 aromatic heterocycles. The van der Waals surface area contributed by atoms with Crippen molar-refractivity contribution < 1.29 is 14.3 Å². The maximum absolute atomic E-state index is 13.6. The van der Waals surface area contributed by atoms with Crippen LogP contribution in [0.2, 0.25) is 0 Å². The SMILES string of the molecule is Nc1nc(CCc2ccc(C(=O)O)cc2F)cs1. The fourth-order valence-corrected chi connectivity index (χ4v) is 2.18. The number of hydrogen-bond donors (Lipinski definition) is 2. The second-order valence-corrected chi connectivity index (χ2v) is 4.68. The van der Waals surface area contributed by atoms with Crippen LogP contribution in [-0.2, 0) is 12.8 Å². The van der Waals surface area contributed by atoms with Gasteiger partial charge in [-0.2, -0.15) is 0 Å². The lowest BCUT2D eigenvalue weighted by atomic mass is 10.1. The Bertz CT molecular complexity index is 583. The lowest BCUT2D eigenvalue weighted by Crippen LogP contribution is -2.01. The maximum atomic E-state index is 13.6. The Morgan fingerprint density at radius 3 is 2.78 bits per heavy atom. The van der Waals surface area contributed by atoms with Crippen LogP contribution in [0.15, 0.2) is 23.6 Å². The molecule has 0 radical (unpaired) electrons. The number of thiazole rings is 1. The third kappa shape index (κ3) is 2.84. The van der Waals surface area contributed by atoms with E-state index < -0.39 is 11.8 Å². The number of nitrogens with zero attached hydrogens (tertiary/aromatic N) is 1. The number of nitrogen functional groups attached to an aromatic ring is 1. The molecule has 6 heteroatoms. The van der Waals surface area contributed by atoms with Gasteiger partial charge in [-0.1, -0.05) is 6.07 Å². The van der Waals surface area contributed by atoms with E-state index in [0.29, 0.717) is 23.5 Å². The number of anilines is 1. The maximum Gasteiger partial charge on any atom is 0.335 e. The molecule has 2 rings (SSSR count). The number of aryl methyl sites for hydroxylation is 2. The monoisotopic (exact) mass is 266 g/mol. The van der Waals surface area contributed by atoms with Gasteiger partial charge >= 0.3 is 5.97 Å². The molecule has 3 N–H and O–H groups in total. The molecule has 0 amide bonds. The van der Waals surface area contributed by atoms with Crippen molar-refractivity contribution in [2.75, 3.05) is 5.73 Å². The molecule has 1 aromatic carbocycles. The van der Waals surface area contributed by atoms with Gasteiger partial charge < -0.3 is 10.8 Å². The largest absolute Gasteiger partial charge is 0.478 e. The molecule has 2 aromatic rings. The summed E-state index contributed by atoms with van der Waals surface area (Å²) < 4.78 is 13.6. The normalized spacial score (nSPS) is 10.5. The van der Waals surface area contributed by atoms with Crippen LogP contribution in [-0.4, -0.2) is 16.1 Å². The van der Waals surface area contributed by atoms with Gasteiger partial charge in [0.1, 0.15) is 5.82 Å². The number of carboxylic acids is 1. The van der Waals surface area contributed by atoms with Gasteiger partial charge in [0.05, 0.1) is 11.3 Å². The van der Waals surface area contributed by atoms with Gasteiger partial charge in [0.2, 0.25) is 0 Å². The van der Waals surface area contributed by atoms with Gasteiger partial charge in [-0.25, -0.2) is 14.2 Å². The van der Waals surface area contributed by atoms with Gasteiger partial charge in [0.15, 0.2) is 5.13 Å². The smallest absolute Gasteiger partial charge is 0.335 e. The van der Waals surface area contributed by atoms with Crippen molar-refractivity contribution >= 4 is 22.4 Å². The van der Waals surface area contributed by atoms with Gasteiger partial charge in [-0.15, -0.1) is 11.3 Å². The highest BCUT2D eigenvalue weighted by atomic mass is 32.1. The van der Waals surface area contributed by atoms with Crippen LogP contribution in [0, 0.1) is 5.82 Å². The molecule has 0 saturated heterocycles. The Balaban J connectivity index is 2.08. The van der Waals surface area contributed by atoms with E-state index in [1.165, 1.54) is 23.5 Å². The summed E-state index contributed by atoms with van der Waals surface area (Å²) in [5, 5.41) is 11.0. The summed E-state index contributed by atoms with van der Waals surface area (Å²) in [5.41, 5.74) is 6.75. The minimum absolute atomic E-state index is 0.0471. The molecular formula is C12H11FN2O2S. The fourth-order valence-electron chi connectivity index (χ4n) is 1.58. The Labute approximate surface area is 107 Å². The first-order valence-corrected chi connectivity index (χ1v) is 6.16. The van der Waals surface area contributed by atoms with Crippen LogP contribution < -0.4 is 5.73 Å². The second kappa shape index (κ2) is 5.14. The van der Waals surface area contributed by atoms with Gasteiger partial charge in [0.25, 0.3) is 0 Å². The Hall–Kier alpha value is -1.95. The topological polar surface area (TPSA) is 76.2 Å². The third-order valence-corrected chi connectivity index (χ3v) is 3.24. The summed E-state index contributed by atoms with van der Waals surface area (Å²) in [6, 6.07) is 3.93. The average Bonchev–Trinajstić information content (AvgIpc) is 2.73. The summed E-state index contributed by atoms with van der Waals surface area (Å²) in [4.78, 5) is 14.7. The minimum atomic E-state index is -1.13. The fraction of sp³-hybridized carbons (Fsp3) is 0.167. The molecule has 1 heterocycles. The van der Waals surface area contributed by atoms with Gasteiger partial charge in [-0.3, -0.25) is 0 Å². The van der Waals surface area contributed by atoms with E-state index in [2.05, 4.69) is 4.98 Å². The third-order valence-electron chi connectivity index (χ3n) is 2.52. The summed E-state index contributed by atoms with van der Waals surface area (Å²) in [5.74, 6) is -1.63. The van der Waals surface area contributed by atoms with E-state index in [-0.39, 0.29) is 5.56 Å². The average molecular weight is 266 g/mol. The predicted molar refractivity (Wildman–Crippen MR) is 67.3 cm³/mol. The molecule has 0 spiro atoms. The van der Waals surface area contributed by atoms with E-state index >= 15 is 0 Å². The quantitative estimate of drug-likeness (QED) is 0.890. The van der Waals surface area contributed by atoms with Crippen LogP contribution >= 0.6 is 11.3 Å². The highest BCUT2D eigenvalue weighted by Gasteiger charge is 2.09. The number of hydrogen-bond acceptors (Lipinski definition) is 4. The number of aromatic nitrogens is 1. The molecule has 0 aliphatic heterocycles. The van der Waals surface area contributed by atoms with Gasteiger partial charge in [0, 0.05) is 5.38 Å². The Morgan fingerprint density at radius 2 is 2.22 bits per heavy atom. The van der Waals surface area contributed by atoms with E-state index in [1.54, 1.807) is 0 Å². The summed E-state index contributed by atoms with van der Waals surface area (Å²) in [7, 11) is 0. The molecule has 0 aliphatic rings. The number of carboxylic acid groups (broad SMARTS) is 1. The minimum Gasteiger partial charge on any atom is -0.478 e. The first kappa shape index (κ1) is 12.5. The molecule has 0 aliphatic carbocycles. The van der Waals surface area contributed by atoms with Gasteiger partial charge in [-0.05, 0) is 30.5 Å². The van der Waals surface area contributed by atoms with Crippen LogP contribution in [0.25, 0.3) is 0 Å². The van der Waals surface area contributed by atoms with Crippen molar-refractivity contribution in [3.05, 3.63) is 46.2 Å². The molecule has 0 saturated carbocycles. The number of benzene rings is 1. The van der Waals surface area contributed by atoms with Crippen LogP contribution in [0.4, 0.5) is 9.52 Å². The molecule has 0 atom stereocenters. The Morgan fingerprint density at radius 1 is 1.44 bits per heavy atom. The van der Waals surface area contributed by atoms with E-state index in [0.717, 1.165) is 11.8 Å².